The van der Waals surface area contributed by atoms with Gasteiger partial charge in [0.2, 0.25) is 0 Å². The van der Waals surface area contributed by atoms with Crippen LogP contribution in [-0.4, -0.2) is 63.9 Å². The quantitative estimate of drug-likeness (QED) is 0.0506. The smallest absolute Gasteiger partial charge is 0.303 e. The second kappa shape index (κ2) is 25.4. The molecule has 0 heterocycles. The first-order valence-electron chi connectivity index (χ1n) is 15.5. The maximum absolute atomic E-state index is 11.0. The standard InChI is InChI=1S/C31H57NO6/c1-2-3-4-5-6-7-8-9-10-11-12-13-14-15-16-17-18-25-32(26-19-22-29(33)34,27-20-23-30(35)36)28-21-24-31(37)38/h12-13H,2-11,14-28H2,1H3,(H2-,33,34,35,36,37,38)/p+1/b13-12+. The van der Waals surface area contributed by atoms with Crippen molar-refractivity contribution in [1.29, 1.82) is 0 Å². The molecule has 0 atom stereocenters. The van der Waals surface area contributed by atoms with E-state index in [0.29, 0.717) is 43.4 Å². The van der Waals surface area contributed by atoms with Gasteiger partial charge in [-0.1, -0.05) is 76.9 Å². The summed E-state index contributed by atoms with van der Waals surface area (Å²) in [5.41, 5.74) is 0. The summed E-state index contributed by atoms with van der Waals surface area (Å²) in [6.45, 7) is 5.09. The average Bonchev–Trinajstić information content (AvgIpc) is 2.85. The second-order valence-corrected chi connectivity index (χ2v) is 11.0. The van der Waals surface area contributed by atoms with Crippen LogP contribution >= 0.6 is 0 Å². The molecule has 222 valence electrons. The van der Waals surface area contributed by atoms with Crippen LogP contribution in [0.15, 0.2) is 12.2 Å². The molecule has 0 aromatic carbocycles. The SMILES string of the molecule is CCCCCCCCCCC/C=C/CCCCCC[N+](CCCC(=O)O)(CCCC(=O)O)CCCC(=O)O. The van der Waals surface area contributed by atoms with Gasteiger partial charge < -0.3 is 19.8 Å². The third kappa shape index (κ3) is 24.4. The van der Waals surface area contributed by atoms with Crippen molar-refractivity contribution in [1.82, 2.24) is 0 Å². The molecule has 0 saturated carbocycles. The Bertz CT molecular complexity index is 584. The molecule has 0 saturated heterocycles. The van der Waals surface area contributed by atoms with Crippen LogP contribution < -0.4 is 0 Å². The first-order valence-corrected chi connectivity index (χ1v) is 15.5. The largest absolute Gasteiger partial charge is 0.481 e. The monoisotopic (exact) mass is 540 g/mol. The van der Waals surface area contributed by atoms with Crippen molar-refractivity contribution in [2.24, 2.45) is 0 Å². The number of carboxylic acid groups (broad SMARTS) is 3. The molecule has 0 unspecified atom stereocenters. The molecule has 0 aromatic heterocycles. The molecule has 0 bridgehead atoms. The Kier molecular flexibility index (Phi) is 24.1. The summed E-state index contributed by atoms with van der Waals surface area (Å²) in [6, 6.07) is 0. The topological polar surface area (TPSA) is 112 Å². The van der Waals surface area contributed by atoms with E-state index in [-0.39, 0.29) is 19.3 Å². The van der Waals surface area contributed by atoms with E-state index in [1.54, 1.807) is 0 Å². The number of unbranched alkanes of at least 4 members (excludes halogenated alkanes) is 13. The van der Waals surface area contributed by atoms with Crippen molar-refractivity contribution in [3.63, 3.8) is 0 Å². The third-order valence-corrected chi connectivity index (χ3v) is 7.46. The molecule has 0 aliphatic carbocycles. The normalized spacial score (nSPS) is 11.8. The van der Waals surface area contributed by atoms with Crippen LogP contribution in [0.4, 0.5) is 0 Å². The van der Waals surface area contributed by atoms with Gasteiger partial charge in [0.25, 0.3) is 0 Å². The van der Waals surface area contributed by atoms with E-state index in [1.807, 2.05) is 0 Å². The Morgan fingerprint density at radius 2 is 0.789 bits per heavy atom. The van der Waals surface area contributed by atoms with Crippen LogP contribution in [0.25, 0.3) is 0 Å². The van der Waals surface area contributed by atoms with Gasteiger partial charge in [0.05, 0.1) is 45.4 Å². The summed E-state index contributed by atoms with van der Waals surface area (Å²) in [6.07, 6.45) is 25.4. The number of aliphatic carboxylic acids is 3. The Morgan fingerprint density at radius 1 is 0.474 bits per heavy atom. The number of carboxylic acids is 3. The zero-order valence-corrected chi connectivity index (χ0v) is 24.3. The fourth-order valence-electron chi connectivity index (χ4n) is 5.24. The van der Waals surface area contributed by atoms with Crippen LogP contribution in [-0.2, 0) is 14.4 Å². The van der Waals surface area contributed by atoms with E-state index in [4.69, 9.17) is 15.3 Å². The summed E-state index contributed by atoms with van der Waals surface area (Å²) in [4.78, 5) is 33.1. The van der Waals surface area contributed by atoms with Crippen molar-refractivity contribution in [3.8, 4) is 0 Å². The van der Waals surface area contributed by atoms with Gasteiger partial charge in [0.15, 0.2) is 0 Å². The highest BCUT2D eigenvalue weighted by atomic mass is 16.4. The molecule has 0 aliphatic rings. The highest BCUT2D eigenvalue weighted by Crippen LogP contribution is 2.18. The molecule has 0 aliphatic heterocycles. The molecule has 0 aromatic rings. The van der Waals surface area contributed by atoms with Crippen LogP contribution in [0, 0.1) is 0 Å². The van der Waals surface area contributed by atoms with Crippen molar-refractivity contribution in [2.45, 2.75) is 142 Å². The zero-order chi connectivity index (χ0) is 28.3. The molecule has 38 heavy (non-hydrogen) atoms. The molecule has 7 nitrogen and oxygen atoms in total. The lowest BCUT2D eigenvalue weighted by Crippen LogP contribution is -2.51. The van der Waals surface area contributed by atoms with Gasteiger partial charge in [-0.3, -0.25) is 14.4 Å². The summed E-state index contributed by atoms with van der Waals surface area (Å²) in [7, 11) is 0. The fraction of sp³-hybridized carbons (Fsp3) is 0.839. The summed E-state index contributed by atoms with van der Waals surface area (Å²) < 4.78 is 0.631. The Morgan fingerprint density at radius 3 is 1.16 bits per heavy atom. The number of nitrogens with zero attached hydrogens (tertiary/aromatic N) is 1. The van der Waals surface area contributed by atoms with Crippen molar-refractivity contribution in [2.75, 3.05) is 26.2 Å². The van der Waals surface area contributed by atoms with Crippen LogP contribution in [0.2, 0.25) is 0 Å². The van der Waals surface area contributed by atoms with Crippen LogP contribution in [0.1, 0.15) is 142 Å². The summed E-state index contributed by atoms with van der Waals surface area (Å²) >= 11 is 0. The summed E-state index contributed by atoms with van der Waals surface area (Å²) in [5.74, 6) is -2.49. The van der Waals surface area contributed by atoms with E-state index < -0.39 is 17.9 Å². The Balaban J connectivity index is 4.27. The summed E-state index contributed by atoms with van der Waals surface area (Å²) in [5, 5.41) is 27.2. The highest BCUT2D eigenvalue weighted by Gasteiger charge is 2.27. The molecule has 0 rings (SSSR count). The second-order valence-electron chi connectivity index (χ2n) is 11.0. The van der Waals surface area contributed by atoms with E-state index in [2.05, 4.69) is 19.1 Å². The molecular formula is C31H58NO6+. The molecule has 0 fully saturated rings. The first kappa shape index (κ1) is 36.1. The predicted octanol–water partition coefficient (Wildman–Crippen LogP) is 7.83. The van der Waals surface area contributed by atoms with Gasteiger partial charge in [-0.25, -0.2) is 0 Å². The lowest BCUT2D eigenvalue weighted by Gasteiger charge is -2.39. The number of carbonyl (C=O) groups is 3. The van der Waals surface area contributed by atoms with Gasteiger partial charge in [-0.15, -0.1) is 0 Å². The van der Waals surface area contributed by atoms with Crippen molar-refractivity contribution < 1.29 is 34.2 Å². The highest BCUT2D eigenvalue weighted by molar-refractivity contribution is 5.67. The van der Waals surface area contributed by atoms with Gasteiger partial charge >= 0.3 is 17.9 Å². The molecule has 0 spiro atoms. The lowest BCUT2D eigenvalue weighted by atomic mass is 10.1. The maximum Gasteiger partial charge on any atom is 0.303 e. The first-order chi connectivity index (χ1) is 18.3. The Labute approximate surface area is 232 Å². The van der Waals surface area contributed by atoms with Crippen LogP contribution in [0.5, 0.6) is 0 Å². The minimum Gasteiger partial charge on any atom is -0.481 e. The Hall–Kier alpha value is -1.89. The fourth-order valence-corrected chi connectivity index (χ4v) is 5.24. The number of rotatable bonds is 29. The van der Waals surface area contributed by atoms with Gasteiger partial charge in [0.1, 0.15) is 0 Å². The van der Waals surface area contributed by atoms with E-state index in [1.165, 1.54) is 64.2 Å². The molecule has 0 amide bonds. The molecule has 3 N–H and O–H groups in total. The van der Waals surface area contributed by atoms with Crippen molar-refractivity contribution >= 4 is 17.9 Å². The van der Waals surface area contributed by atoms with E-state index in [9.17, 15) is 14.4 Å². The van der Waals surface area contributed by atoms with E-state index >= 15 is 0 Å². The zero-order valence-electron chi connectivity index (χ0n) is 24.3. The number of allylic oxidation sites excluding steroid dienone is 2. The predicted molar refractivity (Wildman–Crippen MR) is 154 cm³/mol. The van der Waals surface area contributed by atoms with Crippen molar-refractivity contribution in [3.05, 3.63) is 12.2 Å². The van der Waals surface area contributed by atoms with E-state index in [0.717, 1.165) is 38.6 Å². The van der Waals surface area contributed by atoms with Gasteiger partial charge in [-0.05, 0) is 38.5 Å². The number of hydrogen-bond acceptors (Lipinski definition) is 3. The molecule has 0 radical (unpaired) electrons. The number of quaternary nitrogens is 1. The molecular weight excluding hydrogens is 482 g/mol. The minimum absolute atomic E-state index is 0.0866. The third-order valence-electron chi connectivity index (χ3n) is 7.46. The van der Waals surface area contributed by atoms with Gasteiger partial charge in [-0.2, -0.15) is 0 Å². The average molecular weight is 541 g/mol. The lowest BCUT2D eigenvalue weighted by molar-refractivity contribution is -0.929. The number of hydrogen-bond donors (Lipinski definition) is 3. The maximum atomic E-state index is 11.0. The minimum atomic E-state index is -0.829. The molecule has 7 heteroatoms. The van der Waals surface area contributed by atoms with Gasteiger partial charge in [0, 0.05) is 19.3 Å². The van der Waals surface area contributed by atoms with Crippen LogP contribution in [0.3, 0.4) is 0 Å².